The molecule has 2 aliphatic rings. The van der Waals surface area contributed by atoms with Crippen LogP contribution in [0.2, 0.25) is 0 Å². The van der Waals surface area contributed by atoms with Crippen molar-refractivity contribution >= 4 is 11.7 Å². The number of guanidine groups is 1. The second kappa shape index (κ2) is 3.59. The third-order valence-electron chi connectivity index (χ3n) is 2.74. The fourth-order valence-electron chi connectivity index (χ4n) is 1.87. The summed E-state index contributed by atoms with van der Waals surface area (Å²) in [4.78, 5) is 6.39. The summed E-state index contributed by atoms with van der Waals surface area (Å²) < 4.78 is 12.8. The quantitative estimate of drug-likeness (QED) is 0.757. The van der Waals surface area contributed by atoms with Gasteiger partial charge in [-0.25, -0.2) is 14.8 Å². The number of hydrogen-bond donors (Lipinski definition) is 1. The van der Waals surface area contributed by atoms with Crippen molar-refractivity contribution < 1.29 is 4.39 Å². The van der Waals surface area contributed by atoms with Gasteiger partial charge >= 0.3 is 0 Å². The van der Waals surface area contributed by atoms with E-state index < -0.39 is 0 Å². The van der Waals surface area contributed by atoms with Crippen LogP contribution in [-0.4, -0.2) is 36.2 Å². The molecule has 4 nitrogen and oxygen atoms in total. The Morgan fingerprint density at radius 2 is 2.06 bits per heavy atom. The van der Waals surface area contributed by atoms with E-state index in [0.717, 1.165) is 36.9 Å². The van der Waals surface area contributed by atoms with E-state index in [9.17, 15) is 4.39 Å². The lowest BCUT2D eigenvalue weighted by Gasteiger charge is -2.25. The molecule has 0 fully saturated rings. The molecule has 1 N–H and O–H groups in total. The number of nitrogens with one attached hydrogen (secondary N) is 1. The van der Waals surface area contributed by atoms with Crippen molar-refractivity contribution in [2.24, 2.45) is 10.1 Å². The molecule has 82 valence electrons. The van der Waals surface area contributed by atoms with E-state index in [1.165, 1.54) is 12.1 Å². The maximum atomic E-state index is 12.8. The highest BCUT2D eigenvalue weighted by Crippen LogP contribution is 2.10. The highest BCUT2D eigenvalue weighted by molar-refractivity contribution is 6.06. The van der Waals surface area contributed by atoms with Gasteiger partial charge in [0.05, 0.1) is 18.8 Å². The molecule has 1 aromatic carbocycles. The van der Waals surface area contributed by atoms with Crippen molar-refractivity contribution in [2.75, 3.05) is 19.6 Å². The molecule has 0 saturated carbocycles. The Morgan fingerprint density at radius 1 is 1.25 bits per heavy atom. The molecule has 0 radical (unpaired) electrons. The van der Waals surface area contributed by atoms with E-state index in [4.69, 9.17) is 0 Å². The third kappa shape index (κ3) is 1.54. The summed E-state index contributed by atoms with van der Waals surface area (Å²) in [6.07, 6.45) is 0. The SMILES string of the molecule is Fc1ccc(C2=NNC3=NCCN3C2)cc1. The van der Waals surface area contributed by atoms with Crippen molar-refractivity contribution in [3.8, 4) is 0 Å². The van der Waals surface area contributed by atoms with Crippen LogP contribution in [0.5, 0.6) is 0 Å². The Balaban J connectivity index is 1.86. The molecule has 2 aliphatic heterocycles. The minimum absolute atomic E-state index is 0.225. The second-order valence-corrected chi connectivity index (χ2v) is 3.80. The Labute approximate surface area is 92.5 Å². The Bertz CT molecular complexity index is 463. The molecule has 3 rings (SSSR count). The van der Waals surface area contributed by atoms with Crippen LogP contribution < -0.4 is 5.43 Å². The van der Waals surface area contributed by atoms with Crippen molar-refractivity contribution in [3.63, 3.8) is 0 Å². The molecule has 5 heteroatoms. The van der Waals surface area contributed by atoms with Crippen molar-refractivity contribution in [3.05, 3.63) is 35.6 Å². The van der Waals surface area contributed by atoms with Crippen LogP contribution >= 0.6 is 0 Å². The van der Waals surface area contributed by atoms with Crippen LogP contribution in [0.3, 0.4) is 0 Å². The summed E-state index contributed by atoms with van der Waals surface area (Å²) in [7, 11) is 0. The zero-order valence-corrected chi connectivity index (χ0v) is 8.65. The molecule has 2 heterocycles. The van der Waals surface area contributed by atoms with Crippen molar-refractivity contribution in [1.29, 1.82) is 0 Å². The summed E-state index contributed by atoms with van der Waals surface area (Å²) in [6, 6.07) is 6.39. The maximum Gasteiger partial charge on any atom is 0.215 e. The first-order valence-electron chi connectivity index (χ1n) is 5.21. The summed E-state index contributed by atoms with van der Waals surface area (Å²) in [5.74, 6) is 0.613. The number of aliphatic imine (C=N–C) groups is 1. The molecule has 1 aromatic rings. The summed E-state index contributed by atoms with van der Waals surface area (Å²) in [5.41, 5.74) is 4.78. The van der Waals surface area contributed by atoms with E-state index >= 15 is 0 Å². The van der Waals surface area contributed by atoms with Crippen molar-refractivity contribution in [1.82, 2.24) is 10.3 Å². The molecule has 0 atom stereocenters. The number of hydrogen-bond acceptors (Lipinski definition) is 4. The second-order valence-electron chi connectivity index (χ2n) is 3.80. The topological polar surface area (TPSA) is 40.0 Å². The molecule has 16 heavy (non-hydrogen) atoms. The predicted octanol–water partition coefficient (Wildman–Crippen LogP) is 0.805. The first-order chi connectivity index (χ1) is 7.83. The summed E-state index contributed by atoms with van der Waals surface area (Å²) in [6.45, 7) is 2.47. The fourth-order valence-corrected chi connectivity index (χ4v) is 1.87. The molecule has 0 saturated heterocycles. The van der Waals surface area contributed by atoms with Gasteiger partial charge in [-0.1, -0.05) is 12.1 Å². The van der Waals surface area contributed by atoms with Gasteiger partial charge in [0.1, 0.15) is 5.82 Å². The molecule has 0 aliphatic carbocycles. The summed E-state index contributed by atoms with van der Waals surface area (Å²) in [5, 5.41) is 4.24. The van der Waals surface area contributed by atoms with Gasteiger partial charge in [-0.15, -0.1) is 0 Å². The van der Waals surface area contributed by atoms with Crippen LogP contribution in [0.4, 0.5) is 4.39 Å². The molecule has 0 amide bonds. The predicted molar refractivity (Wildman–Crippen MR) is 59.9 cm³/mol. The highest BCUT2D eigenvalue weighted by atomic mass is 19.1. The zero-order valence-electron chi connectivity index (χ0n) is 8.65. The number of hydrazone groups is 1. The number of halogens is 1. The highest BCUT2D eigenvalue weighted by Gasteiger charge is 2.23. The minimum atomic E-state index is -0.225. The van der Waals surface area contributed by atoms with E-state index in [0.29, 0.717) is 0 Å². The lowest BCUT2D eigenvalue weighted by Crippen LogP contribution is -2.44. The molecule has 0 spiro atoms. The monoisotopic (exact) mass is 218 g/mol. The Kier molecular flexibility index (Phi) is 2.09. The number of nitrogens with zero attached hydrogens (tertiary/aromatic N) is 3. The van der Waals surface area contributed by atoms with Crippen LogP contribution in [-0.2, 0) is 0 Å². The van der Waals surface area contributed by atoms with E-state index in [2.05, 4.69) is 20.4 Å². The van der Waals surface area contributed by atoms with Crippen LogP contribution in [0.15, 0.2) is 34.4 Å². The largest absolute Gasteiger partial charge is 0.334 e. The van der Waals surface area contributed by atoms with Crippen molar-refractivity contribution in [2.45, 2.75) is 0 Å². The molecular weight excluding hydrogens is 207 g/mol. The first kappa shape index (κ1) is 9.33. The van der Waals surface area contributed by atoms with Crippen LogP contribution in [0, 0.1) is 5.82 Å². The normalized spacial score (nSPS) is 18.7. The maximum absolute atomic E-state index is 12.8. The molecular formula is C11H11FN4. The van der Waals surface area contributed by atoms with Gasteiger partial charge in [-0.2, -0.15) is 5.10 Å². The number of benzene rings is 1. The number of fused-ring (bicyclic) bond motifs is 1. The first-order valence-corrected chi connectivity index (χ1v) is 5.21. The van der Waals surface area contributed by atoms with E-state index in [-0.39, 0.29) is 5.82 Å². The van der Waals surface area contributed by atoms with Crippen LogP contribution in [0.1, 0.15) is 5.56 Å². The lowest BCUT2D eigenvalue weighted by molar-refractivity contribution is 0.490. The van der Waals surface area contributed by atoms with Gasteiger partial charge in [0, 0.05) is 6.54 Å². The van der Waals surface area contributed by atoms with E-state index in [1.807, 2.05) is 0 Å². The fraction of sp³-hybridized carbons (Fsp3) is 0.273. The standard InChI is InChI=1S/C11H11FN4/c12-9-3-1-8(2-4-9)10-7-16-6-5-13-11(16)15-14-10/h1-4H,5-7H2,(H,13,15). The van der Waals surface area contributed by atoms with Gasteiger partial charge in [-0.3, -0.25) is 0 Å². The van der Waals surface area contributed by atoms with Gasteiger partial charge in [0.25, 0.3) is 0 Å². The zero-order chi connectivity index (χ0) is 11.0. The average molecular weight is 218 g/mol. The molecule has 0 unspecified atom stereocenters. The molecule has 0 aromatic heterocycles. The number of rotatable bonds is 1. The van der Waals surface area contributed by atoms with Gasteiger partial charge in [0.2, 0.25) is 5.96 Å². The minimum Gasteiger partial charge on any atom is -0.334 e. The average Bonchev–Trinajstić information content (AvgIpc) is 2.77. The Hall–Kier alpha value is -1.91. The van der Waals surface area contributed by atoms with Gasteiger partial charge in [-0.05, 0) is 17.7 Å². The third-order valence-corrected chi connectivity index (χ3v) is 2.74. The molecule has 0 bridgehead atoms. The summed E-state index contributed by atoms with van der Waals surface area (Å²) >= 11 is 0. The van der Waals surface area contributed by atoms with Gasteiger partial charge in [0.15, 0.2) is 0 Å². The lowest BCUT2D eigenvalue weighted by atomic mass is 10.1. The Morgan fingerprint density at radius 3 is 2.88 bits per heavy atom. The van der Waals surface area contributed by atoms with Crippen LogP contribution in [0.25, 0.3) is 0 Å². The smallest absolute Gasteiger partial charge is 0.215 e. The van der Waals surface area contributed by atoms with Gasteiger partial charge < -0.3 is 4.90 Å². The van der Waals surface area contributed by atoms with E-state index in [1.54, 1.807) is 12.1 Å².